The number of carbonyl (C=O) groups excluding carboxylic acids is 3. The molecular formula is C9H17N3O4. The molecule has 0 spiro atoms. The van der Waals surface area contributed by atoms with Crippen LogP contribution in [0.15, 0.2) is 0 Å². The van der Waals surface area contributed by atoms with Gasteiger partial charge in [0.05, 0.1) is 12.1 Å². The van der Waals surface area contributed by atoms with Crippen LogP contribution in [0.5, 0.6) is 0 Å². The van der Waals surface area contributed by atoms with Crippen molar-refractivity contribution in [1.82, 2.24) is 5.32 Å². The van der Waals surface area contributed by atoms with E-state index in [1.54, 1.807) is 0 Å². The summed E-state index contributed by atoms with van der Waals surface area (Å²) in [6, 6.07) is -1.92. The largest absolute Gasteiger partial charge is 0.391 e. The number of aliphatic hydroxyl groups excluding tert-OH is 1. The number of nitrogens with two attached hydrogens (primary N) is 2. The molecule has 0 rings (SSSR count). The van der Waals surface area contributed by atoms with E-state index in [0.29, 0.717) is 6.29 Å². The lowest BCUT2D eigenvalue weighted by Gasteiger charge is -2.17. The number of nitrogens with one attached hydrogen (secondary N) is 1. The molecule has 3 atom stereocenters. The number of carbonyl (C=O) groups is 3. The molecule has 7 nitrogen and oxygen atoms in total. The maximum absolute atomic E-state index is 11.3. The molecule has 16 heavy (non-hydrogen) atoms. The van der Waals surface area contributed by atoms with Gasteiger partial charge in [-0.25, -0.2) is 0 Å². The Kier molecular flexibility index (Phi) is 6.28. The van der Waals surface area contributed by atoms with E-state index < -0.39 is 30.0 Å². The van der Waals surface area contributed by atoms with E-state index >= 15 is 0 Å². The van der Waals surface area contributed by atoms with Crippen LogP contribution in [0, 0.1) is 0 Å². The summed E-state index contributed by atoms with van der Waals surface area (Å²) < 4.78 is 0. The normalized spacial score (nSPS) is 15.9. The minimum absolute atomic E-state index is 0.00635. The average Bonchev–Trinajstić information content (AvgIpc) is 2.22. The van der Waals surface area contributed by atoms with Crippen molar-refractivity contribution in [3.63, 3.8) is 0 Å². The van der Waals surface area contributed by atoms with E-state index in [1.165, 1.54) is 6.92 Å². The van der Waals surface area contributed by atoms with Crippen molar-refractivity contribution in [3.8, 4) is 0 Å². The van der Waals surface area contributed by atoms with Gasteiger partial charge in [0.15, 0.2) is 0 Å². The highest BCUT2D eigenvalue weighted by Crippen LogP contribution is 1.96. The lowest BCUT2D eigenvalue weighted by atomic mass is 10.1. The molecule has 0 saturated carbocycles. The second-order valence-electron chi connectivity index (χ2n) is 3.52. The van der Waals surface area contributed by atoms with Gasteiger partial charge in [-0.1, -0.05) is 0 Å². The van der Waals surface area contributed by atoms with E-state index in [9.17, 15) is 14.4 Å². The number of primary amides is 1. The second kappa shape index (κ2) is 6.91. The summed E-state index contributed by atoms with van der Waals surface area (Å²) in [4.78, 5) is 32.4. The quantitative estimate of drug-likeness (QED) is 0.363. The molecule has 0 aromatic heterocycles. The van der Waals surface area contributed by atoms with Crippen LogP contribution in [-0.2, 0) is 14.4 Å². The third-order valence-corrected chi connectivity index (χ3v) is 2.02. The fourth-order valence-corrected chi connectivity index (χ4v) is 0.970. The van der Waals surface area contributed by atoms with Gasteiger partial charge in [0.1, 0.15) is 12.3 Å². The van der Waals surface area contributed by atoms with Crippen molar-refractivity contribution in [2.45, 2.75) is 38.0 Å². The molecular weight excluding hydrogens is 214 g/mol. The third-order valence-electron chi connectivity index (χ3n) is 2.02. The maximum atomic E-state index is 11.3. The summed E-state index contributed by atoms with van der Waals surface area (Å²) in [5, 5.41) is 11.4. The topological polar surface area (TPSA) is 136 Å². The van der Waals surface area contributed by atoms with Crippen LogP contribution in [0.2, 0.25) is 0 Å². The lowest BCUT2D eigenvalue weighted by molar-refractivity contribution is -0.127. The first-order chi connectivity index (χ1) is 7.38. The molecule has 2 amide bonds. The molecule has 0 aliphatic carbocycles. The van der Waals surface area contributed by atoms with Gasteiger partial charge >= 0.3 is 0 Å². The van der Waals surface area contributed by atoms with Gasteiger partial charge in [-0.05, 0) is 13.3 Å². The monoisotopic (exact) mass is 231 g/mol. The first-order valence-corrected chi connectivity index (χ1v) is 4.86. The summed E-state index contributed by atoms with van der Waals surface area (Å²) in [5.74, 6) is -1.20. The average molecular weight is 231 g/mol. The fraction of sp³-hybridized carbons (Fsp3) is 0.667. The first kappa shape index (κ1) is 14.5. The smallest absolute Gasteiger partial charge is 0.240 e. The Morgan fingerprint density at radius 2 is 2.06 bits per heavy atom. The SMILES string of the molecule is CC(O)C(N)C(=O)N[C@@H](C=O)CCC(N)=O. The molecule has 0 aromatic carbocycles. The van der Waals surface area contributed by atoms with E-state index in [4.69, 9.17) is 16.6 Å². The Labute approximate surface area is 93.2 Å². The lowest BCUT2D eigenvalue weighted by Crippen LogP contribution is -2.50. The molecule has 0 bridgehead atoms. The van der Waals surface area contributed by atoms with Crippen molar-refractivity contribution in [2.24, 2.45) is 11.5 Å². The fourth-order valence-electron chi connectivity index (χ4n) is 0.970. The summed E-state index contributed by atoms with van der Waals surface area (Å²) in [6.45, 7) is 1.36. The zero-order chi connectivity index (χ0) is 12.7. The third kappa shape index (κ3) is 5.42. The van der Waals surface area contributed by atoms with Gasteiger partial charge in [0, 0.05) is 6.42 Å². The molecule has 2 unspecified atom stereocenters. The van der Waals surface area contributed by atoms with E-state index in [-0.39, 0.29) is 12.8 Å². The van der Waals surface area contributed by atoms with Gasteiger partial charge in [-0.3, -0.25) is 9.59 Å². The zero-order valence-electron chi connectivity index (χ0n) is 9.05. The zero-order valence-corrected chi connectivity index (χ0v) is 9.05. The predicted molar refractivity (Wildman–Crippen MR) is 56.1 cm³/mol. The predicted octanol–water partition coefficient (Wildman–Crippen LogP) is -2.36. The molecule has 0 radical (unpaired) electrons. The Bertz CT molecular complexity index is 267. The Balaban J connectivity index is 4.16. The highest BCUT2D eigenvalue weighted by atomic mass is 16.3. The van der Waals surface area contributed by atoms with Crippen LogP contribution in [0.25, 0.3) is 0 Å². The molecule has 92 valence electrons. The second-order valence-corrected chi connectivity index (χ2v) is 3.52. The van der Waals surface area contributed by atoms with Gasteiger partial charge < -0.3 is 26.7 Å². The molecule has 7 heteroatoms. The van der Waals surface area contributed by atoms with Crippen molar-refractivity contribution >= 4 is 18.1 Å². The highest BCUT2D eigenvalue weighted by molar-refractivity contribution is 5.85. The van der Waals surface area contributed by atoms with Gasteiger partial charge in [0.25, 0.3) is 0 Å². The highest BCUT2D eigenvalue weighted by Gasteiger charge is 2.21. The molecule has 0 saturated heterocycles. The van der Waals surface area contributed by atoms with Crippen LogP contribution < -0.4 is 16.8 Å². The first-order valence-electron chi connectivity index (χ1n) is 4.86. The van der Waals surface area contributed by atoms with Crippen LogP contribution in [0.1, 0.15) is 19.8 Å². The number of hydrogen-bond acceptors (Lipinski definition) is 5. The van der Waals surface area contributed by atoms with E-state index in [2.05, 4.69) is 5.32 Å². The van der Waals surface area contributed by atoms with Crippen LogP contribution in [-0.4, -0.2) is 41.4 Å². The maximum Gasteiger partial charge on any atom is 0.240 e. The van der Waals surface area contributed by atoms with E-state index in [1.807, 2.05) is 0 Å². The molecule has 0 heterocycles. The van der Waals surface area contributed by atoms with Crippen molar-refractivity contribution in [2.75, 3.05) is 0 Å². The van der Waals surface area contributed by atoms with Crippen molar-refractivity contribution in [3.05, 3.63) is 0 Å². The molecule has 0 aromatic rings. The van der Waals surface area contributed by atoms with Crippen LogP contribution in [0.3, 0.4) is 0 Å². The number of aliphatic hydroxyl groups is 1. The minimum atomic E-state index is -1.10. The number of aldehydes is 1. The number of amides is 2. The number of rotatable bonds is 7. The molecule has 0 aliphatic heterocycles. The van der Waals surface area contributed by atoms with Gasteiger partial charge in [0.2, 0.25) is 11.8 Å². The summed E-state index contributed by atoms with van der Waals surface area (Å²) in [5.41, 5.74) is 10.3. The van der Waals surface area contributed by atoms with E-state index in [0.717, 1.165) is 0 Å². The van der Waals surface area contributed by atoms with Crippen LogP contribution in [0.4, 0.5) is 0 Å². The van der Waals surface area contributed by atoms with Crippen LogP contribution >= 0.6 is 0 Å². The minimum Gasteiger partial charge on any atom is -0.391 e. The summed E-state index contributed by atoms with van der Waals surface area (Å²) in [7, 11) is 0. The van der Waals surface area contributed by atoms with Gasteiger partial charge in [-0.2, -0.15) is 0 Å². The Hall–Kier alpha value is -1.47. The van der Waals surface area contributed by atoms with Crippen molar-refractivity contribution in [1.29, 1.82) is 0 Å². The van der Waals surface area contributed by atoms with Gasteiger partial charge in [-0.15, -0.1) is 0 Å². The standard InChI is InChI=1S/C9H17N3O4/c1-5(14)8(11)9(16)12-6(4-13)2-3-7(10)15/h4-6,8,14H,2-3,11H2,1H3,(H2,10,15)(H,12,16)/t5?,6-,8?/m1/s1. The number of hydrogen-bond donors (Lipinski definition) is 4. The molecule has 6 N–H and O–H groups in total. The summed E-state index contributed by atoms with van der Waals surface area (Å²) in [6.07, 6.45) is -0.399. The Morgan fingerprint density at radius 1 is 1.50 bits per heavy atom. The van der Waals surface area contributed by atoms with Crippen molar-refractivity contribution < 1.29 is 19.5 Å². The molecule has 0 fully saturated rings. The summed E-state index contributed by atoms with van der Waals surface area (Å²) >= 11 is 0. The molecule has 0 aliphatic rings. The Morgan fingerprint density at radius 3 is 2.44 bits per heavy atom.